The molecule has 0 aromatic heterocycles. The number of nitrogens with two attached hydrogens (primary N) is 1. The van der Waals surface area contributed by atoms with Gasteiger partial charge >= 0.3 is 0 Å². The molecular formula is C48H38N8. The van der Waals surface area contributed by atoms with Gasteiger partial charge in [-0.2, -0.15) is 0 Å². The van der Waals surface area contributed by atoms with E-state index in [1.54, 1.807) is 0 Å². The van der Waals surface area contributed by atoms with Gasteiger partial charge in [0.05, 0.1) is 45.6 Å². The van der Waals surface area contributed by atoms with Crippen LogP contribution >= 0.6 is 0 Å². The van der Waals surface area contributed by atoms with Crippen LogP contribution in [0, 0.1) is 0 Å². The molecule has 270 valence electrons. The van der Waals surface area contributed by atoms with Crippen molar-refractivity contribution in [2.75, 3.05) is 21.7 Å². The molecule has 0 amide bonds. The van der Waals surface area contributed by atoms with Crippen molar-refractivity contribution >= 4 is 85.4 Å². The van der Waals surface area contributed by atoms with E-state index >= 15 is 0 Å². The highest BCUT2D eigenvalue weighted by Crippen LogP contribution is 2.26. The van der Waals surface area contributed by atoms with E-state index in [1.807, 2.05) is 200 Å². The SMILES string of the molecule is Nc1ccc(Nc2ccc(Nc3ccc(N=C4C=CC(=Nc5ccc(N=C6C=CC(=Nc7ccc(Nc8ccccc8)cc7)C=C6)cc5)C=C4)cc3)cc2)cc1. The second-order valence-electron chi connectivity index (χ2n) is 13.0. The maximum Gasteiger partial charge on any atom is 0.0638 e. The Hall–Kier alpha value is -7.84. The first kappa shape index (κ1) is 35.2. The monoisotopic (exact) mass is 726 g/mol. The van der Waals surface area contributed by atoms with Gasteiger partial charge in [0.2, 0.25) is 0 Å². The van der Waals surface area contributed by atoms with Gasteiger partial charge in [-0.3, -0.25) is 0 Å². The normalized spacial score (nSPS) is 13.0. The van der Waals surface area contributed by atoms with Crippen LogP contribution in [0.1, 0.15) is 0 Å². The molecule has 8 rings (SSSR count). The van der Waals surface area contributed by atoms with E-state index in [0.717, 1.165) is 85.4 Å². The average molecular weight is 727 g/mol. The number of benzene rings is 6. The summed E-state index contributed by atoms with van der Waals surface area (Å²) in [5.74, 6) is 0. The summed E-state index contributed by atoms with van der Waals surface area (Å²) >= 11 is 0. The number of anilines is 7. The number of allylic oxidation sites excluding steroid dienone is 8. The predicted octanol–water partition coefficient (Wildman–Crippen LogP) is 12.4. The Balaban J connectivity index is 0.813. The molecule has 0 radical (unpaired) electrons. The first-order valence-corrected chi connectivity index (χ1v) is 18.2. The van der Waals surface area contributed by atoms with Crippen LogP contribution in [-0.2, 0) is 0 Å². The van der Waals surface area contributed by atoms with E-state index in [-0.39, 0.29) is 0 Å². The summed E-state index contributed by atoms with van der Waals surface area (Å²) in [6.45, 7) is 0. The van der Waals surface area contributed by atoms with Gasteiger partial charge in [0.1, 0.15) is 0 Å². The number of nitrogen functional groups attached to an aromatic ring is 1. The Bertz CT molecular complexity index is 2500. The molecule has 0 saturated carbocycles. The molecule has 5 N–H and O–H groups in total. The molecule has 2 aliphatic rings. The molecule has 56 heavy (non-hydrogen) atoms. The standard InChI is InChI=1S/C48H38N8/c49-34-6-8-36(9-7-34)51-38-14-16-40(17-15-38)53-42-22-24-44(25-23-42)55-46-30-32-48(33-31-46)56-47-28-26-45(27-29-47)54-43-20-18-41(19-21-43)52-39-12-10-37(11-13-39)50-35-4-2-1-3-5-35/h1-33,50-51,53H,49H2. The third-order valence-corrected chi connectivity index (χ3v) is 8.75. The van der Waals surface area contributed by atoms with Gasteiger partial charge in [0.15, 0.2) is 0 Å². The molecule has 8 nitrogen and oxygen atoms in total. The highest BCUT2D eigenvalue weighted by molar-refractivity contribution is 6.20. The van der Waals surface area contributed by atoms with Gasteiger partial charge in [-0.1, -0.05) is 18.2 Å². The zero-order chi connectivity index (χ0) is 37.9. The van der Waals surface area contributed by atoms with Gasteiger partial charge in [0, 0.05) is 39.8 Å². The molecule has 0 bridgehead atoms. The van der Waals surface area contributed by atoms with Crippen LogP contribution in [0.3, 0.4) is 0 Å². The minimum absolute atomic E-state index is 0.744. The smallest absolute Gasteiger partial charge is 0.0638 e. The molecule has 0 saturated heterocycles. The zero-order valence-electron chi connectivity index (χ0n) is 30.4. The van der Waals surface area contributed by atoms with Gasteiger partial charge in [-0.25, -0.2) is 20.0 Å². The van der Waals surface area contributed by atoms with Crippen molar-refractivity contribution in [3.63, 3.8) is 0 Å². The minimum Gasteiger partial charge on any atom is -0.399 e. The van der Waals surface area contributed by atoms with E-state index in [2.05, 4.69) is 16.0 Å². The molecule has 0 atom stereocenters. The van der Waals surface area contributed by atoms with Crippen molar-refractivity contribution in [3.05, 3.63) is 200 Å². The lowest BCUT2D eigenvalue weighted by Gasteiger charge is -2.10. The van der Waals surface area contributed by atoms with Crippen LogP contribution in [0.15, 0.2) is 220 Å². The number of aliphatic imine (C=N–C) groups is 4. The number of hydrogen-bond acceptors (Lipinski definition) is 8. The van der Waals surface area contributed by atoms with Crippen LogP contribution < -0.4 is 21.7 Å². The Morgan fingerprint density at radius 1 is 0.268 bits per heavy atom. The molecule has 0 heterocycles. The summed E-state index contributed by atoms with van der Waals surface area (Å²) in [5, 5.41) is 10.2. The second-order valence-corrected chi connectivity index (χ2v) is 13.0. The Kier molecular flexibility index (Phi) is 10.6. The van der Waals surface area contributed by atoms with Gasteiger partial charge < -0.3 is 21.7 Å². The van der Waals surface area contributed by atoms with Crippen LogP contribution in [0.5, 0.6) is 0 Å². The third-order valence-electron chi connectivity index (χ3n) is 8.75. The average Bonchev–Trinajstić information content (AvgIpc) is 3.23. The lowest BCUT2D eigenvalue weighted by atomic mass is 10.1. The van der Waals surface area contributed by atoms with Crippen molar-refractivity contribution in [2.24, 2.45) is 20.0 Å². The van der Waals surface area contributed by atoms with Gasteiger partial charge in [-0.05, 0) is 182 Å². The highest BCUT2D eigenvalue weighted by Gasteiger charge is 2.05. The lowest BCUT2D eigenvalue weighted by molar-refractivity contribution is 1.47. The first-order chi connectivity index (χ1) is 27.5. The third kappa shape index (κ3) is 9.77. The Morgan fingerprint density at radius 2 is 0.500 bits per heavy atom. The van der Waals surface area contributed by atoms with Crippen LogP contribution in [-0.4, -0.2) is 22.8 Å². The van der Waals surface area contributed by atoms with Crippen LogP contribution in [0.25, 0.3) is 0 Å². The number of nitrogens with zero attached hydrogens (tertiary/aromatic N) is 4. The van der Waals surface area contributed by atoms with Gasteiger partial charge in [0.25, 0.3) is 0 Å². The van der Waals surface area contributed by atoms with E-state index in [0.29, 0.717) is 0 Å². The fourth-order valence-electron chi connectivity index (χ4n) is 5.86. The van der Waals surface area contributed by atoms with E-state index in [4.69, 9.17) is 25.7 Å². The largest absolute Gasteiger partial charge is 0.399 e. The number of nitrogens with one attached hydrogen (secondary N) is 3. The van der Waals surface area contributed by atoms with Crippen molar-refractivity contribution in [3.8, 4) is 0 Å². The summed E-state index contributed by atoms with van der Waals surface area (Å²) < 4.78 is 0. The Labute approximate surface area is 326 Å². The van der Waals surface area contributed by atoms with Crippen molar-refractivity contribution in [1.82, 2.24) is 0 Å². The molecule has 0 spiro atoms. The van der Waals surface area contributed by atoms with Gasteiger partial charge in [-0.15, -0.1) is 0 Å². The fourth-order valence-corrected chi connectivity index (χ4v) is 5.86. The topological polar surface area (TPSA) is 112 Å². The summed E-state index contributed by atoms with van der Waals surface area (Å²) in [5.41, 5.74) is 19.5. The van der Waals surface area contributed by atoms with Crippen molar-refractivity contribution in [1.29, 1.82) is 0 Å². The molecule has 0 aliphatic heterocycles. The lowest BCUT2D eigenvalue weighted by Crippen LogP contribution is -1.99. The summed E-state index contributed by atoms with van der Waals surface area (Å²) in [6, 6.07) is 49.9. The number of para-hydroxylation sites is 1. The quantitative estimate of drug-likeness (QED) is 0.0831. The Morgan fingerprint density at radius 3 is 0.804 bits per heavy atom. The maximum absolute atomic E-state index is 5.78. The molecule has 2 aliphatic carbocycles. The predicted molar refractivity (Wildman–Crippen MR) is 238 cm³/mol. The van der Waals surface area contributed by atoms with Crippen LogP contribution in [0.2, 0.25) is 0 Å². The zero-order valence-corrected chi connectivity index (χ0v) is 30.4. The minimum atomic E-state index is 0.744. The highest BCUT2D eigenvalue weighted by atomic mass is 14.9. The molecule has 6 aromatic rings. The molecule has 0 unspecified atom stereocenters. The van der Waals surface area contributed by atoms with E-state index in [9.17, 15) is 0 Å². The molecule has 8 heteroatoms. The maximum atomic E-state index is 5.78. The number of rotatable bonds is 10. The molecular weight excluding hydrogens is 689 g/mol. The van der Waals surface area contributed by atoms with Crippen molar-refractivity contribution < 1.29 is 0 Å². The molecule has 6 aromatic carbocycles. The van der Waals surface area contributed by atoms with Crippen molar-refractivity contribution in [2.45, 2.75) is 0 Å². The van der Waals surface area contributed by atoms with E-state index in [1.165, 1.54) is 0 Å². The van der Waals surface area contributed by atoms with E-state index < -0.39 is 0 Å². The van der Waals surface area contributed by atoms with Crippen LogP contribution in [0.4, 0.5) is 62.6 Å². The first-order valence-electron chi connectivity index (χ1n) is 18.2. The number of hydrogen-bond donors (Lipinski definition) is 4. The molecule has 0 fully saturated rings. The summed E-state index contributed by atoms with van der Waals surface area (Å²) in [6.07, 6.45) is 15.8. The fraction of sp³-hybridized carbons (Fsp3) is 0. The summed E-state index contributed by atoms with van der Waals surface area (Å²) in [7, 11) is 0. The second kappa shape index (κ2) is 16.9. The summed E-state index contributed by atoms with van der Waals surface area (Å²) in [4.78, 5) is 19.1.